The Morgan fingerprint density at radius 2 is 2.19 bits per heavy atom. The standard InChI is InChI=1S/C11H16N4O/c12-11(16)9-1-2-10(14-7-9)8-15-5-3-13-4-6-15/h1-2,7,13H,3-6,8H2,(H2,12,16). The molecule has 1 aliphatic heterocycles. The van der Waals surface area contributed by atoms with Crippen LogP contribution in [-0.2, 0) is 6.54 Å². The second kappa shape index (κ2) is 5.05. The molecule has 2 heterocycles. The summed E-state index contributed by atoms with van der Waals surface area (Å²) in [6.45, 7) is 4.97. The van der Waals surface area contributed by atoms with Gasteiger partial charge in [-0.1, -0.05) is 0 Å². The molecule has 5 heteroatoms. The van der Waals surface area contributed by atoms with Crippen molar-refractivity contribution in [3.8, 4) is 0 Å². The molecule has 0 atom stereocenters. The van der Waals surface area contributed by atoms with Gasteiger partial charge in [-0.15, -0.1) is 0 Å². The van der Waals surface area contributed by atoms with Gasteiger partial charge in [-0.25, -0.2) is 0 Å². The van der Waals surface area contributed by atoms with E-state index in [2.05, 4.69) is 15.2 Å². The van der Waals surface area contributed by atoms with Crippen molar-refractivity contribution in [2.75, 3.05) is 26.2 Å². The van der Waals surface area contributed by atoms with E-state index in [0.717, 1.165) is 38.4 Å². The van der Waals surface area contributed by atoms with Gasteiger partial charge in [0.05, 0.1) is 11.3 Å². The number of piperazine rings is 1. The number of carbonyl (C=O) groups is 1. The fourth-order valence-corrected chi connectivity index (χ4v) is 1.76. The third-order valence-corrected chi connectivity index (χ3v) is 2.70. The third-order valence-electron chi connectivity index (χ3n) is 2.70. The van der Waals surface area contributed by atoms with Crippen LogP contribution < -0.4 is 11.1 Å². The van der Waals surface area contributed by atoms with Crippen LogP contribution in [0.25, 0.3) is 0 Å². The quantitative estimate of drug-likeness (QED) is 0.726. The Morgan fingerprint density at radius 1 is 1.44 bits per heavy atom. The Bertz CT molecular complexity index is 357. The van der Waals surface area contributed by atoms with E-state index in [4.69, 9.17) is 5.73 Å². The molecule has 1 aromatic rings. The molecule has 1 fully saturated rings. The fraction of sp³-hybridized carbons (Fsp3) is 0.455. The van der Waals surface area contributed by atoms with Gasteiger partial charge < -0.3 is 11.1 Å². The van der Waals surface area contributed by atoms with Crippen LogP contribution in [0.1, 0.15) is 16.1 Å². The van der Waals surface area contributed by atoms with E-state index in [0.29, 0.717) is 5.56 Å². The second-order valence-electron chi connectivity index (χ2n) is 3.93. The Morgan fingerprint density at radius 3 is 2.75 bits per heavy atom. The molecule has 86 valence electrons. The maximum absolute atomic E-state index is 10.9. The average molecular weight is 220 g/mol. The summed E-state index contributed by atoms with van der Waals surface area (Å²) in [6, 6.07) is 3.59. The molecule has 16 heavy (non-hydrogen) atoms. The summed E-state index contributed by atoms with van der Waals surface area (Å²) in [5, 5.41) is 3.30. The minimum atomic E-state index is -0.429. The summed E-state index contributed by atoms with van der Waals surface area (Å²) in [5.41, 5.74) is 6.59. The highest BCUT2D eigenvalue weighted by atomic mass is 16.1. The summed E-state index contributed by atoms with van der Waals surface area (Å²) in [7, 11) is 0. The number of hydrogen-bond donors (Lipinski definition) is 2. The van der Waals surface area contributed by atoms with Gasteiger partial charge >= 0.3 is 0 Å². The number of hydrogen-bond acceptors (Lipinski definition) is 4. The number of aromatic nitrogens is 1. The lowest BCUT2D eigenvalue weighted by atomic mass is 10.2. The highest BCUT2D eigenvalue weighted by Crippen LogP contribution is 2.04. The van der Waals surface area contributed by atoms with Crippen molar-refractivity contribution in [1.82, 2.24) is 15.2 Å². The number of rotatable bonds is 3. The first kappa shape index (κ1) is 11.0. The minimum Gasteiger partial charge on any atom is -0.366 e. The van der Waals surface area contributed by atoms with E-state index in [-0.39, 0.29) is 0 Å². The first-order valence-electron chi connectivity index (χ1n) is 5.43. The van der Waals surface area contributed by atoms with Crippen LogP contribution in [0.15, 0.2) is 18.3 Å². The van der Waals surface area contributed by atoms with E-state index < -0.39 is 5.91 Å². The molecule has 5 nitrogen and oxygen atoms in total. The zero-order chi connectivity index (χ0) is 11.4. The van der Waals surface area contributed by atoms with Gasteiger partial charge in [0.2, 0.25) is 5.91 Å². The first-order valence-corrected chi connectivity index (χ1v) is 5.43. The van der Waals surface area contributed by atoms with Crippen molar-refractivity contribution >= 4 is 5.91 Å². The highest BCUT2D eigenvalue weighted by molar-refractivity contribution is 5.92. The molecule has 1 amide bonds. The number of nitrogens with one attached hydrogen (secondary N) is 1. The Labute approximate surface area is 94.6 Å². The van der Waals surface area contributed by atoms with Gasteiger partial charge in [-0.3, -0.25) is 14.7 Å². The maximum Gasteiger partial charge on any atom is 0.250 e. The Kier molecular flexibility index (Phi) is 3.48. The smallest absolute Gasteiger partial charge is 0.250 e. The molecule has 1 aliphatic rings. The van der Waals surface area contributed by atoms with Gasteiger partial charge in [-0.2, -0.15) is 0 Å². The molecule has 0 aromatic carbocycles. The predicted molar refractivity (Wildman–Crippen MR) is 60.9 cm³/mol. The molecule has 0 spiro atoms. The Hall–Kier alpha value is -1.46. The molecule has 1 saturated heterocycles. The summed E-state index contributed by atoms with van der Waals surface area (Å²) in [4.78, 5) is 17.4. The number of pyridine rings is 1. The lowest BCUT2D eigenvalue weighted by Gasteiger charge is -2.26. The zero-order valence-corrected chi connectivity index (χ0v) is 9.15. The van der Waals surface area contributed by atoms with Crippen LogP contribution in [-0.4, -0.2) is 42.0 Å². The Balaban J connectivity index is 1.96. The summed E-state index contributed by atoms with van der Waals surface area (Å²) < 4.78 is 0. The monoisotopic (exact) mass is 220 g/mol. The molecule has 0 aliphatic carbocycles. The van der Waals surface area contributed by atoms with Crippen molar-refractivity contribution in [2.24, 2.45) is 5.73 Å². The van der Waals surface area contributed by atoms with E-state index in [1.54, 1.807) is 12.3 Å². The highest BCUT2D eigenvalue weighted by Gasteiger charge is 2.10. The van der Waals surface area contributed by atoms with Crippen molar-refractivity contribution in [3.05, 3.63) is 29.6 Å². The second-order valence-corrected chi connectivity index (χ2v) is 3.93. The van der Waals surface area contributed by atoms with Crippen LogP contribution in [0, 0.1) is 0 Å². The van der Waals surface area contributed by atoms with Crippen molar-refractivity contribution < 1.29 is 4.79 Å². The minimum absolute atomic E-state index is 0.429. The van der Waals surface area contributed by atoms with Crippen LogP contribution in [0.4, 0.5) is 0 Å². The predicted octanol–water partition coefficient (Wildman–Crippen LogP) is -0.414. The van der Waals surface area contributed by atoms with Gasteiger partial charge in [0.1, 0.15) is 0 Å². The lowest BCUT2D eigenvalue weighted by Crippen LogP contribution is -2.43. The molecular weight excluding hydrogens is 204 g/mol. The fourth-order valence-electron chi connectivity index (χ4n) is 1.76. The van der Waals surface area contributed by atoms with Crippen molar-refractivity contribution in [2.45, 2.75) is 6.54 Å². The van der Waals surface area contributed by atoms with E-state index in [1.807, 2.05) is 6.07 Å². The first-order chi connectivity index (χ1) is 7.75. The largest absolute Gasteiger partial charge is 0.366 e. The summed E-state index contributed by atoms with van der Waals surface area (Å²) in [6.07, 6.45) is 1.54. The van der Waals surface area contributed by atoms with Gasteiger partial charge in [0, 0.05) is 38.9 Å². The number of primary amides is 1. The molecule has 0 bridgehead atoms. The maximum atomic E-state index is 10.9. The van der Waals surface area contributed by atoms with Gasteiger partial charge in [-0.05, 0) is 12.1 Å². The average Bonchev–Trinajstić information content (AvgIpc) is 2.31. The molecule has 2 rings (SSSR count). The van der Waals surface area contributed by atoms with Crippen LogP contribution in [0.5, 0.6) is 0 Å². The van der Waals surface area contributed by atoms with Crippen LogP contribution in [0.3, 0.4) is 0 Å². The molecule has 0 unspecified atom stereocenters. The summed E-state index contributed by atoms with van der Waals surface area (Å²) in [5.74, 6) is -0.429. The van der Waals surface area contributed by atoms with Gasteiger partial charge in [0.25, 0.3) is 0 Å². The van der Waals surface area contributed by atoms with E-state index in [1.165, 1.54) is 0 Å². The third kappa shape index (κ3) is 2.77. The number of amides is 1. The molecule has 0 radical (unpaired) electrons. The number of nitrogens with zero attached hydrogens (tertiary/aromatic N) is 2. The number of nitrogens with two attached hydrogens (primary N) is 1. The molecular formula is C11H16N4O. The topological polar surface area (TPSA) is 71.2 Å². The van der Waals surface area contributed by atoms with Crippen LogP contribution in [0.2, 0.25) is 0 Å². The normalized spacial score (nSPS) is 17.2. The molecule has 3 N–H and O–H groups in total. The zero-order valence-electron chi connectivity index (χ0n) is 9.15. The van der Waals surface area contributed by atoms with Crippen molar-refractivity contribution in [3.63, 3.8) is 0 Å². The van der Waals surface area contributed by atoms with E-state index >= 15 is 0 Å². The van der Waals surface area contributed by atoms with Gasteiger partial charge in [0.15, 0.2) is 0 Å². The molecule has 1 aromatic heterocycles. The molecule has 0 saturated carbocycles. The number of carbonyl (C=O) groups excluding carboxylic acids is 1. The SMILES string of the molecule is NC(=O)c1ccc(CN2CCNCC2)nc1. The lowest BCUT2D eigenvalue weighted by molar-refractivity contribution is 0.1000. The van der Waals surface area contributed by atoms with E-state index in [9.17, 15) is 4.79 Å². The van der Waals surface area contributed by atoms with Crippen LogP contribution >= 0.6 is 0 Å². The summed E-state index contributed by atoms with van der Waals surface area (Å²) >= 11 is 0. The van der Waals surface area contributed by atoms with Crippen molar-refractivity contribution in [1.29, 1.82) is 0 Å².